The minimum absolute atomic E-state index is 0.595. The van der Waals surface area contributed by atoms with Gasteiger partial charge >= 0.3 is 5.97 Å². The van der Waals surface area contributed by atoms with E-state index < -0.39 is 11.9 Å². The highest BCUT2D eigenvalue weighted by atomic mass is 79.9. The summed E-state index contributed by atoms with van der Waals surface area (Å²) in [7, 11) is 0. The molecule has 0 radical (unpaired) electrons. The molecule has 2 heterocycles. The molecule has 0 aliphatic heterocycles. The predicted octanol–water partition coefficient (Wildman–Crippen LogP) is 3.89. The van der Waals surface area contributed by atoms with E-state index in [0.29, 0.717) is 11.0 Å². The van der Waals surface area contributed by atoms with Crippen LogP contribution in [0.2, 0.25) is 0 Å². The van der Waals surface area contributed by atoms with Crippen LogP contribution in [0.3, 0.4) is 0 Å². The highest BCUT2D eigenvalue weighted by molar-refractivity contribution is 9.08. The van der Waals surface area contributed by atoms with E-state index in [1.165, 1.54) is 0 Å². The number of halogens is 1. The molecule has 0 bridgehead atoms. The lowest BCUT2D eigenvalue weighted by molar-refractivity contribution is -0.138. The third-order valence-corrected chi connectivity index (χ3v) is 4.15. The molecule has 94 valence electrons. The first-order valence-electron chi connectivity index (χ1n) is 5.45. The van der Waals surface area contributed by atoms with Gasteiger partial charge in [0.15, 0.2) is 0 Å². The smallest absolute Gasteiger partial charge is 0.312 e. The van der Waals surface area contributed by atoms with Crippen LogP contribution >= 0.6 is 27.3 Å². The number of aromatic nitrogens is 1. The van der Waals surface area contributed by atoms with Crippen LogP contribution in [-0.2, 0) is 10.1 Å². The largest absolute Gasteiger partial charge is 0.481 e. The predicted molar refractivity (Wildman–Crippen MR) is 76.2 cm³/mol. The fraction of sp³-hybridized carbons (Fsp3) is 0.231. The standard InChI is InChI=1S/C13H12BrNO2S/c1-8(13(16)17)11-6-9(5-10(7-14)15-11)12-3-2-4-18-12/h2-6,8H,7H2,1H3,(H,16,17). The lowest BCUT2D eigenvalue weighted by Crippen LogP contribution is -2.10. The third kappa shape index (κ3) is 2.79. The van der Waals surface area contributed by atoms with E-state index in [4.69, 9.17) is 5.11 Å². The van der Waals surface area contributed by atoms with Gasteiger partial charge in [0.2, 0.25) is 0 Å². The van der Waals surface area contributed by atoms with Crippen molar-refractivity contribution < 1.29 is 9.90 Å². The molecule has 5 heteroatoms. The fourth-order valence-electron chi connectivity index (χ4n) is 1.61. The number of hydrogen-bond donors (Lipinski definition) is 1. The molecule has 0 aromatic carbocycles. The van der Waals surface area contributed by atoms with E-state index >= 15 is 0 Å². The zero-order chi connectivity index (χ0) is 13.1. The fourth-order valence-corrected chi connectivity index (χ4v) is 2.61. The second-order valence-corrected chi connectivity index (χ2v) is 5.45. The SMILES string of the molecule is CC(C(=O)O)c1cc(-c2cccs2)cc(CBr)n1. The van der Waals surface area contributed by atoms with Crippen LogP contribution in [0.5, 0.6) is 0 Å². The summed E-state index contributed by atoms with van der Waals surface area (Å²) in [6.45, 7) is 1.65. The van der Waals surface area contributed by atoms with Crippen LogP contribution in [-0.4, -0.2) is 16.1 Å². The topological polar surface area (TPSA) is 50.2 Å². The first-order valence-corrected chi connectivity index (χ1v) is 7.45. The van der Waals surface area contributed by atoms with E-state index in [0.717, 1.165) is 16.1 Å². The normalized spacial score (nSPS) is 12.3. The number of carboxylic acids is 1. The van der Waals surface area contributed by atoms with E-state index in [9.17, 15) is 4.79 Å². The van der Waals surface area contributed by atoms with Crippen molar-refractivity contribution in [3.05, 3.63) is 41.0 Å². The van der Waals surface area contributed by atoms with Gasteiger partial charge in [-0.1, -0.05) is 22.0 Å². The van der Waals surface area contributed by atoms with Gasteiger partial charge in [-0.15, -0.1) is 11.3 Å². The van der Waals surface area contributed by atoms with E-state index in [-0.39, 0.29) is 0 Å². The maximum absolute atomic E-state index is 11.0. The summed E-state index contributed by atoms with van der Waals surface area (Å²) in [5.41, 5.74) is 2.48. The Morgan fingerprint density at radius 1 is 1.56 bits per heavy atom. The molecule has 1 N–H and O–H groups in total. The summed E-state index contributed by atoms with van der Waals surface area (Å²) >= 11 is 5.00. The molecule has 0 fully saturated rings. The molecule has 0 amide bonds. The number of aliphatic carboxylic acids is 1. The van der Waals surface area contributed by atoms with Crippen LogP contribution < -0.4 is 0 Å². The molecule has 0 saturated heterocycles. The zero-order valence-corrected chi connectivity index (χ0v) is 12.2. The Balaban J connectivity index is 2.49. The van der Waals surface area contributed by atoms with Crippen molar-refractivity contribution in [1.29, 1.82) is 0 Å². The zero-order valence-electron chi connectivity index (χ0n) is 9.76. The molecule has 2 aromatic heterocycles. The van der Waals surface area contributed by atoms with Crippen LogP contribution in [0.15, 0.2) is 29.6 Å². The summed E-state index contributed by atoms with van der Waals surface area (Å²) in [6, 6.07) is 7.84. The van der Waals surface area contributed by atoms with Crippen molar-refractivity contribution in [1.82, 2.24) is 4.98 Å². The number of rotatable bonds is 4. The summed E-state index contributed by atoms with van der Waals surface area (Å²) in [5.74, 6) is -1.45. The minimum Gasteiger partial charge on any atom is -0.481 e. The molecule has 2 rings (SSSR count). The number of pyridine rings is 1. The number of carboxylic acid groups (broad SMARTS) is 1. The average Bonchev–Trinajstić information content (AvgIpc) is 2.91. The third-order valence-electron chi connectivity index (χ3n) is 2.65. The summed E-state index contributed by atoms with van der Waals surface area (Å²) in [5, 5.41) is 11.7. The van der Waals surface area contributed by atoms with Crippen molar-refractivity contribution in [2.75, 3.05) is 0 Å². The molecule has 0 saturated carbocycles. The number of nitrogens with zero attached hydrogens (tertiary/aromatic N) is 1. The van der Waals surface area contributed by atoms with Crippen molar-refractivity contribution in [2.45, 2.75) is 18.2 Å². The molecule has 0 aliphatic carbocycles. The number of hydrogen-bond acceptors (Lipinski definition) is 3. The van der Waals surface area contributed by atoms with Gasteiger partial charge in [-0.3, -0.25) is 9.78 Å². The number of alkyl halides is 1. The Hall–Kier alpha value is -1.20. The van der Waals surface area contributed by atoms with Gasteiger partial charge in [-0.25, -0.2) is 0 Å². The first-order chi connectivity index (χ1) is 8.61. The molecule has 1 unspecified atom stereocenters. The quantitative estimate of drug-likeness (QED) is 0.867. The molecular weight excluding hydrogens is 314 g/mol. The van der Waals surface area contributed by atoms with Gasteiger partial charge in [-0.2, -0.15) is 0 Å². The molecule has 0 aliphatic rings. The van der Waals surface area contributed by atoms with Crippen molar-refractivity contribution in [3.8, 4) is 10.4 Å². The van der Waals surface area contributed by atoms with Gasteiger partial charge < -0.3 is 5.11 Å². The Morgan fingerprint density at radius 3 is 2.89 bits per heavy atom. The molecule has 18 heavy (non-hydrogen) atoms. The van der Waals surface area contributed by atoms with Crippen molar-refractivity contribution in [2.24, 2.45) is 0 Å². The van der Waals surface area contributed by atoms with E-state index in [1.54, 1.807) is 18.3 Å². The van der Waals surface area contributed by atoms with Crippen LogP contribution in [0, 0.1) is 0 Å². The van der Waals surface area contributed by atoms with E-state index in [1.807, 2.05) is 29.6 Å². The Bertz CT molecular complexity index is 554. The lowest BCUT2D eigenvalue weighted by atomic mass is 10.0. The molecule has 1 atom stereocenters. The second-order valence-electron chi connectivity index (χ2n) is 3.94. The summed E-state index contributed by atoms with van der Waals surface area (Å²) in [4.78, 5) is 16.5. The number of thiophene rings is 1. The van der Waals surface area contributed by atoms with Crippen molar-refractivity contribution in [3.63, 3.8) is 0 Å². The van der Waals surface area contributed by atoms with Gasteiger partial charge in [0.25, 0.3) is 0 Å². The van der Waals surface area contributed by atoms with Crippen molar-refractivity contribution >= 4 is 33.2 Å². The van der Waals surface area contributed by atoms with Crippen LogP contribution in [0.1, 0.15) is 24.2 Å². The molecule has 0 spiro atoms. The highest BCUT2D eigenvalue weighted by Gasteiger charge is 2.17. The Morgan fingerprint density at radius 2 is 2.33 bits per heavy atom. The van der Waals surface area contributed by atoms with Crippen LogP contribution in [0.25, 0.3) is 10.4 Å². The highest BCUT2D eigenvalue weighted by Crippen LogP contribution is 2.28. The van der Waals surface area contributed by atoms with Gasteiger partial charge in [0, 0.05) is 10.2 Å². The van der Waals surface area contributed by atoms with Gasteiger partial charge in [0.1, 0.15) is 0 Å². The minimum atomic E-state index is -0.855. The first kappa shape index (κ1) is 13.2. The average molecular weight is 326 g/mol. The number of carbonyl (C=O) groups is 1. The van der Waals surface area contributed by atoms with Gasteiger partial charge in [-0.05, 0) is 36.1 Å². The molecular formula is C13H12BrNO2S. The molecule has 2 aromatic rings. The van der Waals surface area contributed by atoms with Gasteiger partial charge in [0.05, 0.1) is 17.3 Å². The maximum Gasteiger partial charge on any atom is 0.312 e. The lowest BCUT2D eigenvalue weighted by Gasteiger charge is -2.09. The Kier molecular flexibility index (Phi) is 4.14. The van der Waals surface area contributed by atoms with E-state index in [2.05, 4.69) is 20.9 Å². The summed E-state index contributed by atoms with van der Waals surface area (Å²) < 4.78 is 0. The second kappa shape index (κ2) is 5.63. The Labute approximate surface area is 118 Å². The molecule has 3 nitrogen and oxygen atoms in total. The monoisotopic (exact) mass is 325 g/mol. The maximum atomic E-state index is 11.0. The van der Waals surface area contributed by atoms with Crippen LogP contribution in [0.4, 0.5) is 0 Å². The summed E-state index contributed by atoms with van der Waals surface area (Å²) in [6.07, 6.45) is 0.